The molecule has 0 aliphatic heterocycles. The second-order valence-corrected chi connectivity index (χ2v) is 5.38. The van der Waals surface area contributed by atoms with Crippen molar-refractivity contribution in [3.63, 3.8) is 0 Å². The highest BCUT2D eigenvalue weighted by Gasteiger charge is 2.09. The average molecular weight is 285 g/mol. The number of aryl methyl sites for hydroxylation is 3. The first kappa shape index (κ1) is 15.4. The van der Waals surface area contributed by atoms with Crippen molar-refractivity contribution >= 4 is 5.69 Å². The van der Waals surface area contributed by atoms with Crippen LogP contribution in [0.5, 0.6) is 5.75 Å². The molecule has 0 bridgehead atoms. The molecule has 2 aromatic carbocycles. The van der Waals surface area contributed by atoms with Gasteiger partial charge >= 0.3 is 0 Å². The summed E-state index contributed by atoms with van der Waals surface area (Å²) in [5, 5.41) is 13.3. The lowest BCUT2D eigenvalue weighted by Crippen LogP contribution is -2.26. The molecule has 3 nitrogen and oxygen atoms in total. The number of rotatable bonds is 6. The quantitative estimate of drug-likeness (QED) is 0.854. The summed E-state index contributed by atoms with van der Waals surface area (Å²) in [6.07, 6.45) is -0.552. The van der Waals surface area contributed by atoms with E-state index in [1.807, 2.05) is 63.2 Å². The van der Waals surface area contributed by atoms with Crippen molar-refractivity contribution in [2.45, 2.75) is 26.9 Å². The van der Waals surface area contributed by atoms with E-state index in [1.165, 1.54) is 5.56 Å². The van der Waals surface area contributed by atoms with Crippen molar-refractivity contribution in [2.24, 2.45) is 0 Å². The summed E-state index contributed by atoms with van der Waals surface area (Å²) >= 11 is 0. The minimum atomic E-state index is -0.552. The van der Waals surface area contributed by atoms with E-state index in [0.29, 0.717) is 6.54 Å². The number of anilines is 1. The molecule has 1 unspecified atom stereocenters. The molecule has 0 aromatic heterocycles. The number of aliphatic hydroxyl groups is 1. The standard InChI is InChI=1S/C18H23NO2/c1-13-7-4-5-10-17(13)19-11-16(20)12-21-18-14(2)8-6-9-15(18)3/h4-10,16,19-20H,11-12H2,1-3H3. The zero-order valence-corrected chi connectivity index (χ0v) is 12.9. The summed E-state index contributed by atoms with van der Waals surface area (Å²) in [7, 11) is 0. The van der Waals surface area contributed by atoms with E-state index in [-0.39, 0.29) is 6.61 Å². The van der Waals surface area contributed by atoms with E-state index >= 15 is 0 Å². The van der Waals surface area contributed by atoms with Gasteiger partial charge in [0, 0.05) is 12.2 Å². The first-order chi connectivity index (χ1) is 10.1. The Bertz CT molecular complexity index is 575. The lowest BCUT2D eigenvalue weighted by molar-refractivity contribution is 0.117. The Morgan fingerprint density at radius 3 is 2.24 bits per heavy atom. The molecule has 0 heterocycles. The minimum Gasteiger partial charge on any atom is -0.490 e. The molecular formula is C18H23NO2. The summed E-state index contributed by atoms with van der Waals surface area (Å²) in [5.41, 5.74) is 4.40. The number of hydrogen-bond acceptors (Lipinski definition) is 3. The predicted octanol–water partition coefficient (Wildman–Crippen LogP) is 3.46. The number of nitrogens with one attached hydrogen (secondary N) is 1. The van der Waals surface area contributed by atoms with Crippen LogP contribution in [-0.4, -0.2) is 24.4 Å². The monoisotopic (exact) mass is 285 g/mol. The molecule has 0 fully saturated rings. The fourth-order valence-electron chi connectivity index (χ4n) is 2.26. The average Bonchev–Trinajstić information content (AvgIpc) is 2.46. The van der Waals surface area contributed by atoms with Crippen LogP contribution in [0.1, 0.15) is 16.7 Å². The van der Waals surface area contributed by atoms with E-state index in [4.69, 9.17) is 4.74 Å². The summed E-state index contributed by atoms with van der Waals surface area (Å²) in [6, 6.07) is 14.1. The van der Waals surface area contributed by atoms with Crippen LogP contribution in [0.2, 0.25) is 0 Å². The highest BCUT2D eigenvalue weighted by molar-refractivity contribution is 5.50. The summed E-state index contributed by atoms with van der Waals surface area (Å²) < 4.78 is 5.76. The number of ether oxygens (including phenoxy) is 1. The summed E-state index contributed by atoms with van der Waals surface area (Å²) in [5.74, 6) is 0.868. The Morgan fingerprint density at radius 2 is 1.57 bits per heavy atom. The maximum absolute atomic E-state index is 10.1. The maximum atomic E-state index is 10.1. The van der Waals surface area contributed by atoms with Gasteiger partial charge in [0.2, 0.25) is 0 Å². The third-order valence-electron chi connectivity index (χ3n) is 3.50. The van der Waals surface area contributed by atoms with Gasteiger partial charge in [-0.1, -0.05) is 36.4 Å². The summed E-state index contributed by atoms with van der Waals surface area (Å²) in [6.45, 7) is 6.82. The Labute approximate surface area is 126 Å². The number of aliphatic hydroxyl groups excluding tert-OH is 1. The van der Waals surface area contributed by atoms with Gasteiger partial charge < -0.3 is 15.2 Å². The Hall–Kier alpha value is -2.00. The topological polar surface area (TPSA) is 41.5 Å². The van der Waals surface area contributed by atoms with Crippen LogP contribution < -0.4 is 10.1 Å². The molecule has 0 radical (unpaired) electrons. The van der Waals surface area contributed by atoms with Crippen LogP contribution in [-0.2, 0) is 0 Å². The van der Waals surface area contributed by atoms with Crippen molar-refractivity contribution in [2.75, 3.05) is 18.5 Å². The SMILES string of the molecule is Cc1ccccc1NCC(O)COc1c(C)cccc1C. The first-order valence-electron chi connectivity index (χ1n) is 7.24. The van der Waals surface area contributed by atoms with Crippen LogP contribution >= 0.6 is 0 Å². The first-order valence-corrected chi connectivity index (χ1v) is 7.24. The lowest BCUT2D eigenvalue weighted by atomic mass is 10.1. The molecule has 21 heavy (non-hydrogen) atoms. The fourth-order valence-corrected chi connectivity index (χ4v) is 2.26. The molecule has 0 saturated carbocycles. The fraction of sp³-hybridized carbons (Fsp3) is 0.333. The number of hydrogen-bond donors (Lipinski definition) is 2. The van der Waals surface area contributed by atoms with Crippen molar-refractivity contribution in [1.82, 2.24) is 0 Å². The third kappa shape index (κ3) is 4.23. The van der Waals surface area contributed by atoms with Crippen molar-refractivity contribution in [3.8, 4) is 5.75 Å². The zero-order chi connectivity index (χ0) is 15.2. The van der Waals surface area contributed by atoms with Crippen LogP contribution in [0.4, 0.5) is 5.69 Å². The van der Waals surface area contributed by atoms with Gasteiger partial charge in [-0.15, -0.1) is 0 Å². The zero-order valence-electron chi connectivity index (χ0n) is 12.9. The lowest BCUT2D eigenvalue weighted by Gasteiger charge is -2.17. The van der Waals surface area contributed by atoms with Gasteiger partial charge in [0.05, 0.1) is 0 Å². The molecule has 1 atom stereocenters. The molecule has 0 saturated heterocycles. The van der Waals surface area contributed by atoms with Gasteiger partial charge in [0.25, 0.3) is 0 Å². The molecule has 0 aliphatic rings. The Kier molecular flexibility index (Phi) is 5.23. The highest BCUT2D eigenvalue weighted by Crippen LogP contribution is 2.22. The Morgan fingerprint density at radius 1 is 0.952 bits per heavy atom. The summed E-state index contributed by atoms with van der Waals surface area (Å²) in [4.78, 5) is 0. The van der Waals surface area contributed by atoms with Gasteiger partial charge in [-0.3, -0.25) is 0 Å². The predicted molar refractivity (Wildman–Crippen MR) is 87.1 cm³/mol. The van der Waals surface area contributed by atoms with Gasteiger partial charge in [-0.2, -0.15) is 0 Å². The second kappa shape index (κ2) is 7.14. The van der Waals surface area contributed by atoms with Gasteiger partial charge in [-0.25, -0.2) is 0 Å². The van der Waals surface area contributed by atoms with Crippen LogP contribution in [0.25, 0.3) is 0 Å². The molecule has 0 amide bonds. The Balaban J connectivity index is 1.85. The molecule has 2 aromatic rings. The van der Waals surface area contributed by atoms with E-state index < -0.39 is 6.10 Å². The van der Waals surface area contributed by atoms with E-state index in [2.05, 4.69) is 5.32 Å². The molecule has 112 valence electrons. The largest absolute Gasteiger partial charge is 0.490 e. The van der Waals surface area contributed by atoms with Crippen molar-refractivity contribution in [1.29, 1.82) is 0 Å². The van der Waals surface area contributed by atoms with E-state index in [1.54, 1.807) is 0 Å². The van der Waals surface area contributed by atoms with Gasteiger partial charge in [-0.05, 0) is 43.5 Å². The smallest absolute Gasteiger partial charge is 0.125 e. The van der Waals surface area contributed by atoms with Crippen LogP contribution in [0.15, 0.2) is 42.5 Å². The molecule has 2 rings (SSSR count). The maximum Gasteiger partial charge on any atom is 0.125 e. The second-order valence-electron chi connectivity index (χ2n) is 5.38. The van der Waals surface area contributed by atoms with Crippen molar-refractivity contribution < 1.29 is 9.84 Å². The van der Waals surface area contributed by atoms with Gasteiger partial charge in [0.1, 0.15) is 18.5 Å². The number of para-hydroxylation sites is 2. The third-order valence-corrected chi connectivity index (χ3v) is 3.50. The van der Waals surface area contributed by atoms with Crippen LogP contribution in [0, 0.1) is 20.8 Å². The normalized spacial score (nSPS) is 12.0. The molecule has 0 aliphatic carbocycles. The molecule has 2 N–H and O–H groups in total. The molecular weight excluding hydrogens is 262 g/mol. The van der Waals surface area contributed by atoms with Gasteiger partial charge in [0.15, 0.2) is 0 Å². The molecule has 3 heteroatoms. The molecule has 0 spiro atoms. The minimum absolute atomic E-state index is 0.282. The van der Waals surface area contributed by atoms with E-state index in [0.717, 1.165) is 22.6 Å². The van der Waals surface area contributed by atoms with E-state index in [9.17, 15) is 5.11 Å². The van der Waals surface area contributed by atoms with Crippen LogP contribution in [0.3, 0.4) is 0 Å². The number of benzene rings is 2. The van der Waals surface area contributed by atoms with Crippen molar-refractivity contribution in [3.05, 3.63) is 59.2 Å². The highest BCUT2D eigenvalue weighted by atomic mass is 16.5.